The first-order valence-electron chi connectivity index (χ1n) is 7.66. The molecule has 22 heavy (non-hydrogen) atoms. The van der Waals surface area contributed by atoms with E-state index in [1.165, 1.54) is 18.9 Å². The van der Waals surface area contributed by atoms with Gasteiger partial charge in [0, 0.05) is 35.4 Å². The van der Waals surface area contributed by atoms with Crippen molar-refractivity contribution in [3.63, 3.8) is 0 Å². The lowest BCUT2D eigenvalue weighted by atomic mass is 10.2. The van der Waals surface area contributed by atoms with Gasteiger partial charge in [-0.15, -0.1) is 0 Å². The molecular weight excluding hydrogens is 298 g/mol. The van der Waals surface area contributed by atoms with Gasteiger partial charge < -0.3 is 10.1 Å². The average Bonchev–Trinajstić information content (AvgIpc) is 2.98. The number of amides is 1. The van der Waals surface area contributed by atoms with E-state index in [2.05, 4.69) is 5.32 Å². The minimum absolute atomic E-state index is 0.174. The van der Waals surface area contributed by atoms with Crippen molar-refractivity contribution in [1.82, 2.24) is 5.32 Å². The zero-order valence-corrected chi connectivity index (χ0v) is 13.7. The Bertz CT molecular complexity index is 551. The molecule has 0 aliphatic heterocycles. The second-order valence-corrected chi connectivity index (χ2v) is 7.05. The van der Waals surface area contributed by atoms with Crippen LogP contribution in [0, 0.1) is 0 Å². The van der Waals surface area contributed by atoms with Gasteiger partial charge in [0.05, 0.1) is 6.10 Å². The summed E-state index contributed by atoms with van der Waals surface area (Å²) in [7, 11) is -0.883. The van der Waals surface area contributed by atoms with Gasteiger partial charge in [0.25, 0.3) is 0 Å². The molecule has 1 fully saturated rings. The zero-order chi connectivity index (χ0) is 15.8. The highest BCUT2D eigenvalue weighted by Gasteiger charge is 2.16. The molecule has 1 aliphatic rings. The summed E-state index contributed by atoms with van der Waals surface area (Å²) in [5.41, 5.74) is 0.935. The van der Waals surface area contributed by atoms with Crippen molar-refractivity contribution in [2.45, 2.75) is 31.8 Å². The molecule has 1 saturated carbocycles. The van der Waals surface area contributed by atoms with Gasteiger partial charge in [-0.25, -0.2) is 0 Å². The van der Waals surface area contributed by atoms with Crippen LogP contribution in [0.2, 0.25) is 0 Å². The lowest BCUT2D eigenvalue weighted by Crippen LogP contribution is -2.25. The Hall–Kier alpha value is -1.62. The molecule has 1 unspecified atom stereocenters. The molecule has 0 radical (unpaired) electrons. The third kappa shape index (κ3) is 6.02. The Kier molecular flexibility index (Phi) is 6.65. The van der Waals surface area contributed by atoms with Crippen LogP contribution in [-0.2, 0) is 15.6 Å². The van der Waals surface area contributed by atoms with Gasteiger partial charge in [0.15, 0.2) is 0 Å². The highest BCUT2D eigenvalue weighted by atomic mass is 32.2. The molecule has 2 rings (SSSR count). The Morgan fingerprint density at radius 2 is 2.18 bits per heavy atom. The number of nitrogens with one attached hydrogen (secondary N) is 1. The summed E-state index contributed by atoms with van der Waals surface area (Å²) in [4.78, 5) is 11.6. The summed E-state index contributed by atoms with van der Waals surface area (Å²) < 4.78 is 16.9. The third-order valence-corrected chi connectivity index (χ3v) is 4.36. The van der Waals surface area contributed by atoms with Crippen LogP contribution in [-0.4, -0.2) is 34.8 Å². The van der Waals surface area contributed by atoms with E-state index in [4.69, 9.17) is 4.74 Å². The molecule has 0 spiro atoms. The normalized spacial score (nSPS) is 16.8. The largest absolute Gasteiger partial charge is 0.490 e. The third-order valence-electron chi connectivity index (χ3n) is 3.58. The number of benzene rings is 1. The number of hydrogen-bond donors (Lipinski definition) is 1. The number of rotatable bonds is 7. The predicted molar refractivity (Wildman–Crippen MR) is 90.3 cm³/mol. The fraction of sp³-hybridized carbons (Fsp3) is 0.471. The summed E-state index contributed by atoms with van der Waals surface area (Å²) in [6.07, 6.45) is 9.95. The summed E-state index contributed by atoms with van der Waals surface area (Å²) >= 11 is 0. The maximum absolute atomic E-state index is 11.6. The van der Waals surface area contributed by atoms with Crippen molar-refractivity contribution >= 4 is 22.8 Å². The second kappa shape index (κ2) is 8.73. The lowest BCUT2D eigenvalue weighted by molar-refractivity contribution is -0.116. The van der Waals surface area contributed by atoms with Crippen LogP contribution in [0.3, 0.4) is 0 Å². The van der Waals surface area contributed by atoms with Crippen LogP contribution in [0.25, 0.3) is 6.08 Å². The summed E-state index contributed by atoms with van der Waals surface area (Å²) in [6, 6.07) is 7.77. The fourth-order valence-electron chi connectivity index (χ4n) is 2.44. The Morgan fingerprint density at radius 3 is 2.91 bits per heavy atom. The molecule has 1 aliphatic carbocycles. The first-order chi connectivity index (χ1) is 10.6. The van der Waals surface area contributed by atoms with E-state index >= 15 is 0 Å². The average molecular weight is 321 g/mol. The van der Waals surface area contributed by atoms with Gasteiger partial charge >= 0.3 is 0 Å². The van der Waals surface area contributed by atoms with E-state index in [1.54, 1.807) is 12.3 Å². The summed E-state index contributed by atoms with van der Waals surface area (Å²) in [6.45, 7) is 0.428. The molecule has 0 aromatic heterocycles. The molecule has 4 nitrogen and oxygen atoms in total. The van der Waals surface area contributed by atoms with Crippen molar-refractivity contribution in [3.8, 4) is 5.75 Å². The van der Waals surface area contributed by atoms with Crippen LogP contribution < -0.4 is 10.1 Å². The van der Waals surface area contributed by atoms with Gasteiger partial charge in [-0.05, 0) is 49.5 Å². The molecule has 1 aromatic carbocycles. The van der Waals surface area contributed by atoms with Crippen LogP contribution >= 0.6 is 0 Å². The SMILES string of the molecule is CS(=O)CCNC(=O)C=Cc1cccc(OC2CCCC2)c1. The number of carbonyl (C=O) groups is 1. The molecule has 0 heterocycles. The second-order valence-electron chi connectivity index (χ2n) is 5.50. The van der Waals surface area contributed by atoms with E-state index in [9.17, 15) is 9.00 Å². The van der Waals surface area contributed by atoms with Crippen molar-refractivity contribution in [3.05, 3.63) is 35.9 Å². The van der Waals surface area contributed by atoms with Gasteiger partial charge in [-0.2, -0.15) is 0 Å². The zero-order valence-electron chi connectivity index (χ0n) is 12.9. The molecule has 1 N–H and O–H groups in total. The highest BCUT2D eigenvalue weighted by molar-refractivity contribution is 7.84. The lowest BCUT2D eigenvalue weighted by Gasteiger charge is -2.13. The van der Waals surface area contributed by atoms with Crippen LogP contribution in [0.15, 0.2) is 30.3 Å². The van der Waals surface area contributed by atoms with Crippen LogP contribution in [0.4, 0.5) is 0 Å². The van der Waals surface area contributed by atoms with Gasteiger partial charge in [-0.1, -0.05) is 12.1 Å². The van der Waals surface area contributed by atoms with E-state index in [0.717, 1.165) is 24.2 Å². The monoisotopic (exact) mass is 321 g/mol. The minimum atomic E-state index is -0.883. The number of carbonyl (C=O) groups excluding carboxylic acids is 1. The van der Waals surface area contributed by atoms with Crippen molar-refractivity contribution < 1.29 is 13.7 Å². The Labute approximate surface area is 134 Å². The molecule has 0 saturated heterocycles. The van der Waals surface area contributed by atoms with Crippen LogP contribution in [0.1, 0.15) is 31.2 Å². The van der Waals surface area contributed by atoms with E-state index in [1.807, 2.05) is 24.3 Å². The van der Waals surface area contributed by atoms with Crippen molar-refractivity contribution in [2.24, 2.45) is 0 Å². The quantitative estimate of drug-likeness (QED) is 0.785. The molecular formula is C17H23NO3S. The van der Waals surface area contributed by atoms with Gasteiger partial charge in [0.1, 0.15) is 5.75 Å². The molecule has 120 valence electrons. The summed E-state index contributed by atoms with van der Waals surface area (Å²) in [5, 5.41) is 2.71. The Morgan fingerprint density at radius 1 is 1.41 bits per heavy atom. The predicted octanol–water partition coefficient (Wildman–Crippen LogP) is 2.52. The Balaban J connectivity index is 1.84. The van der Waals surface area contributed by atoms with Crippen LogP contribution in [0.5, 0.6) is 5.75 Å². The standard InChI is InChI=1S/C17H23NO3S/c1-22(20)12-11-18-17(19)10-9-14-5-4-8-16(13-14)21-15-6-2-3-7-15/h4-5,8-10,13,15H,2-3,6-7,11-12H2,1H3,(H,18,19). The van der Waals surface area contributed by atoms with E-state index in [-0.39, 0.29) is 5.91 Å². The number of hydrogen-bond acceptors (Lipinski definition) is 3. The van der Waals surface area contributed by atoms with E-state index < -0.39 is 10.8 Å². The summed E-state index contributed by atoms with van der Waals surface area (Å²) in [5.74, 6) is 1.16. The van der Waals surface area contributed by atoms with E-state index in [0.29, 0.717) is 18.4 Å². The highest BCUT2D eigenvalue weighted by Crippen LogP contribution is 2.24. The molecule has 1 amide bonds. The maximum atomic E-state index is 11.6. The fourth-order valence-corrected chi connectivity index (χ4v) is 2.83. The first kappa shape index (κ1) is 16.7. The van der Waals surface area contributed by atoms with Crippen molar-refractivity contribution in [2.75, 3.05) is 18.6 Å². The topological polar surface area (TPSA) is 55.4 Å². The molecule has 1 aromatic rings. The molecule has 5 heteroatoms. The van der Waals surface area contributed by atoms with Gasteiger partial charge in [-0.3, -0.25) is 9.00 Å². The van der Waals surface area contributed by atoms with Crippen molar-refractivity contribution in [1.29, 1.82) is 0 Å². The minimum Gasteiger partial charge on any atom is -0.490 e. The molecule has 0 bridgehead atoms. The maximum Gasteiger partial charge on any atom is 0.244 e. The molecule has 1 atom stereocenters. The van der Waals surface area contributed by atoms with Gasteiger partial charge in [0.2, 0.25) is 5.91 Å². The first-order valence-corrected chi connectivity index (χ1v) is 9.39. The number of ether oxygens (including phenoxy) is 1. The smallest absolute Gasteiger partial charge is 0.244 e.